The van der Waals surface area contributed by atoms with Crippen LogP contribution in [-0.4, -0.2) is 96.9 Å². The number of hydrogen-bond donors (Lipinski definition) is 9. The van der Waals surface area contributed by atoms with E-state index in [-0.39, 0.29) is 36.8 Å². The predicted octanol–water partition coefficient (Wildman–Crippen LogP) is -2.73. The fraction of sp³-hybridized carbons (Fsp3) is 0.731. The summed E-state index contributed by atoms with van der Waals surface area (Å²) in [4.78, 5) is 78.5. The van der Waals surface area contributed by atoms with Gasteiger partial charge in [-0.05, 0) is 50.5 Å². The summed E-state index contributed by atoms with van der Waals surface area (Å²) < 4.78 is 0. The van der Waals surface area contributed by atoms with Crippen molar-refractivity contribution in [3.63, 3.8) is 0 Å². The van der Waals surface area contributed by atoms with Gasteiger partial charge in [0, 0.05) is 6.54 Å². The molecule has 1 saturated heterocycles. The Kier molecular flexibility index (Phi) is 15.9. The van der Waals surface area contributed by atoms with E-state index in [2.05, 4.69) is 36.9 Å². The standard InChI is InChI=1S/C26H47N9O7/c1-14(2)11-18(34-24(41)16-7-5-9-29-16)23(40)31-12-19(36)35-21(15(3)4)25(42)33-17(8-6-10-30-26(27)28)22(39)32-13-20(37)38/h14-18,21,29H,5-13H2,1-4H3,(H,31,40)(H,32,39)(H,33,42)(H,34,41)(H,35,36)(H,37,38)(H4,27,28,30). The lowest BCUT2D eigenvalue weighted by Crippen LogP contribution is -2.57. The second-order valence-corrected chi connectivity index (χ2v) is 11.0. The Morgan fingerprint density at radius 1 is 0.905 bits per heavy atom. The molecular weight excluding hydrogens is 550 g/mol. The Morgan fingerprint density at radius 2 is 1.55 bits per heavy atom. The summed E-state index contributed by atoms with van der Waals surface area (Å²) in [5.41, 5.74) is 10.6. The van der Waals surface area contributed by atoms with Crippen molar-refractivity contribution in [2.75, 3.05) is 26.2 Å². The second kappa shape index (κ2) is 18.5. The van der Waals surface area contributed by atoms with Gasteiger partial charge in [0.2, 0.25) is 29.5 Å². The molecule has 1 aliphatic rings. The monoisotopic (exact) mass is 597 g/mol. The van der Waals surface area contributed by atoms with Crippen LogP contribution in [0.15, 0.2) is 4.99 Å². The van der Waals surface area contributed by atoms with Gasteiger partial charge >= 0.3 is 5.97 Å². The molecule has 0 aromatic rings. The van der Waals surface area contributed by atoms with Crippen molar-refractivity contribution in [3.8, 4) is 0 Å². The van der Waals surface area contributed by atoms with E-state index in [0.29, 0.717) is 19.3 Å². The maximum atomic E-state index is 13.1. The van der Waals surface area contributed by atoms with Gasteiger partial charge in [-0.3, -0.25) is 33.8 Å². The van der Waals surface area contributed by atoms with E-state index in [1.165, 1.54) is 0 Å². The predicted molar refractivity (Wildman–Crippen MR) is 155 cm³/mol. The van der Waals surface area contributed by atoms with Crippen LogP contribution in [0.25, 0.3) is 0 Å². The van der Waals surface area contributed by atoms with Crippen LogP contribution in [0.4, 0.5) is 0 Å². The van der Waals surface area contributed by atoms with Gasteiger partial charge in [-0.2, -0.15) is 0 Å². The first-order valence-electron chi connectivity index (χ1n) is 14.2. The zero-order valence-corrected chi connectivity index (χ0v) is 24.8. The summed E-state index contributed by atoms with van der Waals surface area (Å²) in [6.45, 7) is 7.03. The number of carbonyl (C=O) groups is 6. The first-order chi connectivity index (χ1) is 19.7. The number of carboxylic acid groups (broad SMARTS) is 1. The zero-order valence-electron chi connectivity index (χ0n) is 24.8. The lowest BCUT2D eigenvalue weighted by molar-refractivity contribution is -0.138. The molecule has 1 rings (SSSR count). The summed E-state index contributed by atoms with van der Waals surface area (Å²) in [7, 11) is 0. The van der Waals surface area contributed by atoms with Gasteiger partial charge in [0.15, 0.2) is 5.96 Å². The van der Waals surface area contributed by atoms with Crippen LogP contribution >= 0.6 is 0 Å². The molecule has 11 N–H and O–H groups in total. The van der Waals surface area contributed by atoms with Crippen LogP contribution in [0.1, 0.15) is 59.8 Å². The molecule has 4 atom stereocenters. The molecule has 0 spiro atoms. The second-order valence-electron chi connectivity index (χ2n) is 11.0. The van der Waals surface area contributed by atoms with Crippen LogP contribution in [0.3, 0.4) is 0 Å². The van der Waals surface area contributed by atoms with E-state index in [0.717, 1.165) is 13.0 Å². The summed E-state index contributed by atoms with van der Waals surface area (Å²) >= 11 is 0. The molecule has 0 radical (unpaired) electrons. The molecule has 16 heteroatoms. The van der Waals surface area contributed by atoms with Crippen LogP contribution < -0.4 is 43.4 Å². The number of aliphatic carboxylic acids is 1. The highest BCUT2D eigenvalue weighted by atomic mass is 16.4. The minimum atomic E-state index is -1.26. The molecule has 5 amide bonds. The van der Waals surface area contributed by atoms with Crippen molar-refractivity contribution >= 4 is 41.5 Å². The smallest absolute Gasteiger partial charge is 0.322 e. The van der Waals surface area contributed by atoms with Gasteiger partial charge < -0.3 is 48.5 Å². The quantitative estimate of drug-likeness (QED) is 0.0447. The highest BCUT2D eigenvalue weighted by Gasteiger charge is 2.30. The van der Waals surface area contributed by atoms with Gasteiger partial charge in [-0.15, -0.1) is 0 Å². The van der Waals surface area contributed by atoms with E-state index in [1.807, 2.05) is 13.8 Å². The summed E-state index contributed by atoms with van der Waals surface area (Å²) in [5.74, 6) is -4.52. The van der Waals surface area contributed by atoms with Gasteiger partial charge in [0.25, 0.3) is 0 Å². The first-order valence-corrected chi connectivity index (χ1v) is 14.2. The van der Waals surface area contributed by atoms with Crippen molar-refractivity contribution in [1.29, 1.82) is 0 Å². The van der Waals surface area contributed by atoms with Gasteiger partial charge in [-0.1, -0.05) is 27.7 Å². The van der Waals surface area contributed by atoms with Gasteiger partial charge in [0.1, 0.15) is 24.7 Å². The van der Waals surface area contributed by atoms with Crippen molar-refractivity contribution in [1.82, 2.24) is 31.9 Å². The molecule has 4 unspecified atom stereocenters. The molecule has 0 saturated carbocycles. The first kappa shape index (κ1) is 36.1. The van der Waals surface area contributed by atoms with Crippen LogP contribution in [0, 0.1) is 11.8 Å². The average Bonchev–Trinajstić information content (AvgIpc) is 3.45. The normalized spacial score (nSPS) is 16.6. The van der Waals surface area contributed by atoms with Crippen molar-refractivity contribution < 1.29 is 33.9 Å². The summed E-state index contributed by atoms with van der Waals surface area (Å²) in [6.07, 6.45) is 2.33. The van der Waals surface area contributed by atoms with Crippen LogP contribution in [0.2, 0.25) is 0 Å². The van der Waals surface area contributed by atoms with Crippen molar-refractivity contribution in [2.45, 2.75) is 84.0 Å². The molecule has 1 fully saturated rings. The van der Waals surface area contributed by atoms with E-state index in [1.54, 1.807) is 13.8 Å². The third-order valence-corrected chi connectivity index (χ3v) is 6.40. The van der Waals surface area contributed by atoms with Crippen molar-refractivity contribution in [3.05, 3.63) is 0 Å². The molecule has 0 aliphatic carbocycles. The fourth-order valence-corrected chi connectivity index (χ4v) is 4.25. The number of carbonyl (C=O) groups excluding carboxylic acids is 5. The number of amides is 5. The number of nitrogens with one attached hydrogen (secondary N) is 6. The Bertz CT molecular complexity index is 977. The van der Waals surface area contributed by atoms with E-state index in [9.17, 15) is 28.8 Å². The molecule has 16 nitrogen and oxygen atoms in total. The number of nitrogens with zero attached hydrogens (tertiary/aromatic N) is 1. The molecule has 238 valence electrons. The lowest BCUT2D eigenvalue weighted by Gasteiger charge is -2.25. The Morgan fingerprint density at radius 3 is 2.10 bits per heavy atom. The minimum absolute atomic E-state index is 0.0977. The number of aliphatic imine (C=N–C) groups is 1. The van der Waals surface area contributed by atoms with Gasteiger partial charge in [-0.25, -0.2) is 0 Å². The Labute approximate surface area is 245 Å². The molecule has 1 aliphatic heterocycles. The zero-order chi connectivity index (χ0) is 31.8. The highest BCUT2D eigenvalue weighted by molar-refractivity contribution is 5.95. The number of nitrogens with two attached hydrogens (primary N) is 2. The largest absolute Gasteiger partial charge is 0.480 e. The fourth-order valence-electron chi connectivity index (χ4n) is 4.25. The van der Waals surface area contributed by atoms with E-state index < -0.39 is 66.7 Å². The SMILES string of the molecule is CC(C)CC(NC(=O)C1CCCN1)C(=O)NCC(=O)NC(C(=O)NC(CCCN=C(N)N)C(=O)NCC(=O)O)C(C)C. The van der Waals surface area contributed by atoms with E-state index in [4.69, 9.17) is 16.6 Å². The topological polar surface area (TPSA) is 259 Å². The molecular formula is C26H47N9O7. The average molecular weight is 598 g/mol. The van der Waals surface area contributed by atoms with Gasteiger partial charge in [0.05, 0.1) is 12.6 Å². The minimum Gasteiger partial charge on any atom is -0.480 e. The highest BCUT2D eigenvalue weighted by Crippen LogP contribution is 2.09. The molecule has 1 heterocycles. The van der Waals surface area contributed by atoms with Crippen LogP contribution in [-0.2, 0) is 28.8 Å². The number of carboxylic acids is 1. The number of guanidine groups is 1. The van der Waals surface area contributed by atoms with Crippen LogP contribution in [0.5, 0.6) is 0 Å². The molecule has 42 heavy (non-hydrogen) atoms. The van der Waals surface area contributed by atoms with E-state index >= 15 is 0 Å². The maximum absolute atomic E-state index is 13.1. The summed E-state index contributed by atoms with van der Waals surface area (Å²) in [5, 5.41) is 24.6. The molecule has 0 bridgehead atoms. The Hall–Kier alpha value is -3.95. The molecule has 0 aromatic carbocycles. The maximum Gasteiger partial charge on any atom is 0.322 e. The number of rotatable bonds is 18. The third kappa shape index (κ3) is 14.1. The Balaban J connectivity index is 2.80. The van der Waals surface area contributed by atoms with Crippen molar-refractivity contribution in [2.24, 2.45) is 28.3 Å². The lowest BCUT2D eigenvalue weighted by atomic mass is 10.0. The number of hydrogen-bond acceptors (Lipinski definition) is 8. The molecule has 0 aromatic heterocycles. The third-order valence-electron chi connectivity index (χ3n) is 6.40. The summed E-state index contributed by atoms with van der Waals surface area (Å²) in [6, 6.07) is -3.37.